The summed E-state index contributed by atoms with van der Waals surface area (Å²) in [6.45, 7) is 0.669. The molecular weight excluding hydrogens is 318 g/mol. The van der Waals surface area contributed by atoms with Gasteiger partial charge in [0.05, 0.1) is 5.69 Å². The van der Waals surface area contributed by atoms with Crippen LogP contribution in [-0.2, 0) is 0 Å². The van der Waals surface area contributed by atoms with Crippen molar-refractivity contribution in [1.82, 2.24) is 15.0 Å². The molecule has 0 aliphatic rings. The van der Waals surface area contributed by atoms with Crippen LogP contribution in [0.5, 0.6) is 5.75 Å². The van der Waals surface area contributed by atoms with Crippen molar-refractivity contribution in [3.05, 3.63) is 54.9 Å². The lowest BCUT2D eigenvalue weighted by Crippen LogP contribution is -2.08. The van der Waals surface area contributed by atoms with Crippen LogP contribution in [0.4, 0.5) is 17.5 Å². The topological polar surface area (TPSA) is 103 Å². The minimum atomic E-state index is 0.101. The SMILES string of the molecule is OCCCNc1nc(Nc2cccc(O)c2)cc(-c2cccnc2)n1. The van der Waals surface area contributed by atoms with Gasteiger partial charge in [-0.3, -0.25) is 4.98 Å². The Kier molecular flexibility index (Phi) is 5.38. The van der Waals surface area contributed by atoms with E-state index in [1.807, 2.05) is 24.3 Å². The lowest BCUT2D eigenvalue weighted by Gasteiger charge is -2.11. The molecule has 2 aromatic heterocycles. The third-order valence-corrected chi connectivity index (χ3v) is 3.42. The van der Waals surface area contributed by atoms with Gasteiger partial charge < -0.3 is 20.8 Å². The molecule has 0 amide bonds. The Morgan fingerprint density at radius 3 is 2.72 bits per heavy atom. The van der Waals surface area contributed by atoms with E-state index in [1.54, 1.807) is 30.6 Å². The molecule has 128 valence electrons. The standard InChI is InChI=1S/C18H19N5O2/c24-9-3-8-20-18-22-16(13-4-2-7-19-12-13)11-17(23-18)21-14-5-1-6-15(25)10-14/h1-2,4-7,10-12,24-25H,3,8-9H2,(H2,20,21,22,23). The zero-order chi connectivity index (χ0) is 17.5. The predicted molar refractivity (Wildman–Crippen MR) is 96.8 cm³/mol. The number of aliphatic hydroxyl groups excluding tert-OH is 1. The highest BCUT2D eigenvalue weighted by atomic mass is 16.3. The van der Waals surface area contributed by atoms with E-state index in [9.17, 15) is 5.11 Å². The molecule has 1 aromatic carbocycles. The molecule has 3 aromatic rings. The fraction of sp³-hybridized carbons (Fsp3) is 0.167. The van der Waals surface area contributed by atoms with Crippen molar-refractivity contribution in [1.29, 1.82) is 0 Å². The maximum Gasteiger partial charge on any atom is 0.225 e. The second-order valence-electron chi connectivity index (χ2n) is 5.38. The third kappa shape index (κ3) is 4.65. The van der Waals surface area contributed by atoms with Gasteiger partial charge in [0.15, 0.2) is 0 Å². The quantitative estimate of drug-likeness (QED) is 0.492. The molecule has 0 spiro atoms. The normalized spacial score (nSPS) is 10.4. The van der Waals surface area contributed by atoms with E-state index in [0.717, 1.165) is 16.9 Å². The van der Waals surface area contributed by atoms with Gasteiger partial charge in [-0.2, -0.15) is 4.98 Å². The number of benzene rings is 1. The summed E-state index contributed by atoms with van der Waals surface area (Å²) in [7, 11) is 0. The highest BCUT2D eigenvalue weighted by Crippen LogP contribution is 2.24. The molecular formula is C18H19N5O2. The first-order valence-electron chi connectivity index (χ1n) is 7.95. The summed E-state index contributed by atoms with van der Waals surface area (Å²) in [6.07, 6.45) is 4.05. The molecule has 3 rings (SSSR count). The van der Waals surface area contributed by atoms with Crippen molar-refractivity contribution in [2.24, 2.45) is 0 Å². The Labute approximate surface area is 145 Å². The van der Waals surface area contributed by atoms with Crippen LogP contribution < -0.4 is 10.6 Å². The molecule has 4 N–H and O–H groups in total. The molecule has 0 aliphatic carbocycles. The number of phenols is 1. The average molecular weight is 337 g/mol. The van der Waals surface area contributed by atoms with Crippen LogP contribution in [0.15, 0.2) is 54.9 Å². The number of aromatic nitrogens is 3. The molecule has 7 nitrogen and oxygen atoms in total. The molecule has 0 atom stereocenters. The first kappa shape index (κ1) is 16.7. The van der Waals surface area contributed by atoms with E-state index in [-0.39, 0.29) is 12.4 Å². The zero-order valence-electron chi connectivity index (χ0n) is 13.6. The number of rotatable bonds is 7. The van der Waals surface area contributed by atoms with Crippen molar-refractivity contribution in [2.45, 2.75) is 6.42 Å². The third-order valence-electron chi connectivity index (χ3n) is 3.42. The fourth-order valence-electron chi connectivity index (χ4n) is 2.26. The molecule has 0 bridgehead atoms. The Morgan fingerprint density at radius 2 is 1.96 bits per heavy atom. The number of aliphatic hydroxyl groups is 1. The van der Waals surface area contributed by atoms with Crippen molar-refractivity contribution >= 4 is 17.5 Å². The summed E-state index contributed by atoms with van der Waals surface area (Å²) in [6, 6.07) is 12.4. The second kappa shape index (κ2) is 8.07. The number of nitrogens with one attached hydrogen (secondary N) is 2. The Bertz CT molecular complexity index is 827. The summed E-state index contributed by atoms with van der Waals surface area (Å²) < 4.78 is 0. The van der Waals surface area contributed by atoms with E-state index >= 15 is 0 Å². The lowest BCUT2D eigenvalue weighted by atomic mass is 10.2. The molecule has 0 unspecified atom stereocenters. The van der Waals surface area contributed by atoms with Gasteiger partial charge in [0.25, 0.3) is 0 Å². The van der Waals surface area contributed by atoms with Gasteiger partial charge in [0.2, 0.25) is 5.95 Å². The summed E-state index contributed by atoms with van der Waals surface area (Å²) in [5.41, 5.74) is 2.31. The van der Waals surface area contributed by atoms with E-state index < -0.39 is 0 Å². The van der Waals surface area contributed by atoms with E-state index in [1.165, 1.54) is 0 Å². The minimum absolute atomic E-state index is 0.101. The van der Waals surface area contributed by atoms with Gasteiger partial charge in [0, 0.05) is 48.9 Å². The number of pyridine rings is 1. The Morgan fingerprint density at radius 1 is 1.04 bits per heavy atom. The predicted octanol–water partition coefficient (Wildman–Crippen LogP) is 2.78. The minimum Gasteiger partial charge on any atom is -0.508 e. The summed E-state index contributed by atoms with van der Waals surface area (Å²) in [4.78, 5) is 13.1. The van der Waals surface area contributed by atoms with Gasteiger partial charge in [-0.05, 0) is 30.7 Å². The first-order valence-corrected chi connectivity index (χ1v) is 7.95. The van der Waals surface area contributed by atoms with Crippen molar-refractivity contribution in [3.8, 4) is 17.0 Å². The molecule has 0 fully saturated rings. The highest BCUT2D eigenvalue weighted by molar-refractivity contribution is 5.67. The monoisotopic (exact) mass is 337 g/mol. The van der Waals surface area contributed by atoms with Crippen LogP contribution >= 0.6 is 0 Å². The van der Waals surface area contributed by atoms with Gasteiger partial charge in [0.1, 0.15) is 11.6 Å². The van der Waals surface area contributed by atoms with Gasteiger partial charge in [-0.1, -0.05) is 6.07 Å². The summed E-state index contributed by atoms with van der Waals surface area (Å²) in [5.74, 6) is 1.22. The molecule has 0 aliphatic heterocycles. The largest absolute Gasteiger partial charge is 0.508 e. The van der Waals surface area contributed by atoms with E-state index in [0.29, 0.717) is 24.7 Å². The lowest BCUT2D eigenvalue weighted by molar-refractivity contribution is 0.292. The Balaban J connectivity index is 1.91. The smallest absolute Gasteiger partial charge is 0.225 e. The zero-order valence-corrected chi connectivity index (χ0v) is 13.6. The number of aromatic hydroxyl groups is 1. The maximum absolute atomic E-state index is 9.60. The number of nitrogens with zero attached hydrogens (tertiary/aromatic N) is 3. The number of phenolic OH excluding ortho intramolecular Hbond substituents is 1. The van der Waals surface area contributed by atoms with E-state index in [4.69, 9.17) is 5.11 Å². The summed E-state index contributed by atoms with van der Waals surface area (Å²) >= 11 is 0. The molecule has 25 heavy (non-hydrogen) atoms. The molecule has 2 heterocycles. The second-order valence-corrected chi connectivity index (χ2v) is 5.38. The molecule has 7 heteroatoms. The van der Waals surface area contributed by atoms with Crippen LogP contribution in [0.1, 0.15) is 6.42 Å². The number of hydrogen-bond acceptors (Lipinski definition) is 7. The number of hydrogen-bond donors (Lipinski definition) is 4. The molecule has 0 saturated heterocycles. The highest BCUT2D eigenvalue weighted by Gasteiger charge is 2.07. The summed E-state index contributed by atoms with van der Waals surface area (Å²) in [5, 5.41) is 24.8. The van der Waals surface area contributed by atoms with Crippen LogP contribution in [0.25, 0.3) is 11.3 Å². The first-order chi connectivity index (χ1) is 12.2. The van der Waals surface area contributed by atoms with E-state index in [2.05, 4.69) is 25.6 Å². The van der Waals surface area contributed by atoms with Crippen molar-refractivity contribution in [3.63, 3.8) is 0 Å². The van der Waals surface area contributed by atoms with Crippen molar-refractivity contribution in [2.75, 3.05) is 23.8 Å². The van der Waals surface area contributed by atoms with Crippen LogP contribution in [-0.4, -0.2) is 38.3 Å². The number of anilines is 3. The van der Waals surface area contributed by atoms with Crippen LogP contribution in [0, 0.1) is 0 Å². The van der Waals surface area contributed by atoms with Crippen LogP contribution in [0.3, 0.4) is 0 Å². The Hall–Kier alpha value is -3.19. The van der Waals surface area contributed by atoms with Crippen molar-refractivity contribution < 1.29 is 10.2 Å². The van der Waals surface area contributed by atoms with Crippen LogP contribution in [0.2, 0.25) is 0 Å². The maximum atomic E-state index is 9.60. The average Bonchev–Trinajstić information content (AvgIpc) is 2.63. The molecule has 0 saturated carbocycles. The van der Waals surface area contributed by atoms with Gasteiger partial charge >= 0.3 is 0 Å². The van der Waals surface area contributed by atoms with Gasteiger partial charge in [-0.15, -0.1) is 0 Å². The molecule has 0 radical (unpaired) electrons. The fourth-order valence-corrected chi connectivity index (χ4v) is 2.26. The van der Waals surface area contributed by atoms with Gasteiger partial charge in [-0.25, -0.2) is 4.98 Å².